The van der Waals surface area contributed by atoms with Gasteiger partial charge in [-0.25, -0.2) is 0 Å². The standard InChI is InChI=1S/C35H49N3O4/c1-3-24-41-32-16-15-29(26-30(32)37-20-8-9-21-37)34(40)38-22-18-35(19-23-38)17-7-6-12-28-11-4-5-13-31(28)42-25-10-14-33(39)36(2)27-35/h4-5,11,13,15-16,26H,3,6-10,12,14,17-25,27H2,1-2H3. The number of carbonyl (C=O) groups is 2. The molecule has 0 radical (unpaired) electrons. The van der Waals surface area contributed by atoms with E-state index in [0.717, 1.165) is 100 Å². The number of ether oxygens (including phenoxy) is 2. The van der Waals surface area contributed by atoms with Gasteiger partial charge in [-0.05, 0) is 93.0 Å². The zero-order valence-corrected chi connectivity index (χ0v) is 25.7. The summed E-state index contributed by atoms with van der Waals surface area (Å²) in [6.07, 6.45) is 10.6. The number of para-hydroxylation sites is 1. The molecule has 2 aromatic carbocycles. The van der Waals surface area contributed by atoms with E-state index < -0.39 is 0 Å². The van der Waals surface area contributed by atoms with E-state index in [1.165, 1.54) is 18.4 Å². The lowest BCUT2D eigenvalue weighted by molar-refractivity contribution is -0.132. The summed E-state index contributed by atoms with van der Waals surface area (Å²) in [4.78, 5) is 33.1. The lowest BCUT2D eigenvalue weighted by Gasteiger charge is -2.44. The summed E-state index contributed by atoms with van der Waals surface area (Å²) in [5, 5.41) is 0. The minimum absolute atomic E-state index is 0.0416. The third-order valence-corrected chi connectivity index (χ3v) is 9.39. The molecule has 7 nitrogen and oxygen atoms in total. The molecule has 228 valence electrons. The first-order valence-electron chi connectivity index (χ1n) is 16.2. The second-order valence-corrected chi connectivity index (χ2v) is 12.5. The number of anilines is 1. The van der Waals surface area contributed by atoms with Crippen LogP contribution >= 0.6 is 0 Å². The first-order chi connectivity index (χ1) is 20.5. The van der Waals surface area contributed by atoms with Crippen molar-refractivity contribution in [3.8, 4) is 11.5 Å². The summed E-state index contributed by atoms with van der Waals surface area (Å²) < 4.78 is 12.1. The topological polar surface area (TPSA) is 62.3 Å². The number of hydrogen-bond donors (Lipinski definition) is 0. The fourth-order valence-electron chi connectivity index (χ4n) is 6.90. The molecule has 0 saturated carbocycles. The molecule has 0 atom stereocenters. The average Bonchev–Trinajstić information content (AvgIpc) is 3.55. The molecule has 1 spiro atoms. The van der Waals surface area contributed by atoms with Gasteiger partial charge in [-0.2, -0.15) is 0 Å². The molecule has 42 heavy (non-hydrogen) atoms. The summed E-state index contributed by atoms with van der Waals surface area (Å²) in [5.41, 5.74) is 3.10. The Morgan fingerprint density at radius 1 is 0.929 bits per heavy atom. The van der Waals surface area contributed by atoms with Crippen LogP contribution in [-0.4, -0.2) is 74.6 Å². The molecule has 2 amide bonds. The molecule has 5 rings (SSSR count). The predicted molar refractivity (Wildman–Crippen MR) is 168 cm³/mol. The molecule has 0 aromatic heterocycles. The van der Waals surface area contributed by atoms with Crippen molar-refractivity contribution in [3.63, 3.8) is 0 Å². The molecule has 3 aliphatic rings. The third-order valence-electron chi connectivity index (χ3n) is 9.39. The number of likely N-dealkylation sites (tertiary alicyclic amines) is 1. The van der Waals surface area contributed by atoms with Crippen molar-refractivity contribution in [2.45, 2.75) is 77.6 Å². The van der Waals surface area contributed by atoms with E-state index in [0.29, 0.717) is 26.1 Å². The van der Waals surface area contributed by atoms with Crippen LogP contribution in [0.2, 0.25) is 0 Å². The number of piperidine rings is 1. The maximum absolute atomic E-state index is 13.8. The number of hydrogen-bond acceptors (Lipinski definition) is 5. The van der Waals surface area contributed by atoms with Crippen molar-refractivity contribution in [1.82, 2.24) is 9.80 Å². The number of aryl methyl sites for hydroxylation is 1. The van der Waals surface area contributed by atoms with Gasteiger partial charge < -0.3 is 24.2 Å². The number of carbonyl (C=O) groups excluding carboxylic acids is 2. The van der Waals surface area contributed by atoms with Gasteiger partial charge >= 0.3 is 0 Å². The molecular weight excluding hydrogens is 526 g/mol. The van der Waals surface area contributed by atoms with E-state index in [-0.39, 0.29) is 17.2 Å². The Bertz CT molecular complexity index is 1200. The van der Waals surface area contributed by atoms with Gasteiger partial charge in [-0.1, -0.05) is 31.5 Å². The molecule has 2 fully saturated rings. The molecule has 0 aliphatic carbocycles. The number of benzene rings is 2. The fourth-order valence-corrected chi connectivity index (χ4v) is 6.90. The maximum atomic E-state index is 13.8. The van der Waals surface area contributed by atoms with Crippen LogP contribution in [0.3, 0.4) is 0 Å². The molecule has 3 aliphatic heterocycles. The maximum Gasteiger partial charge on any atom is 0.253 e. The van der Waals surface area contributed by atoms with Crippen molar-refractivity contribution < 1.29 is 19.1 Å². The smallest absolute Gasteiger partial charge is 0.253 e. The Morgan fingerprint density at radius 2 is 1.71 bits per heavy atom. The van der Waals surface area contributed by atoms with Gasteiger partial charge in [0.1, 0.15) is 11.5 Å². The van der Waals surface area contributed by atoms with Crippen LogP contribution in [0.5, 0.6) is 11.5 Å². The van der Waals surface area contributed by atoms with Crippen LogP contribution < -0.4 is 14.4 Å². The van der Waals surface area contributed by atoms with E-state index in [2.05, 4.69) is 30.0 Å². The SMILES string of the molecule is CCCOc1ccc(C(=O)N2CCC3(CCCCc4ccccc4OCCCC(=O)N(C)C3)CC2)cc1N1CCCC1. The van der Waals surface area contributed by atoms with Gasteiger partial charge in [0.2, 0.25) is 5.91 Å². The van der Waals surface area contributed by atoms with Crippen LogP contribution in [0, 0.1) is 5.41 Å². The quantitative estimate of drug-likeness (QED) is 0.416. The number of nitrogens with zero attached hydrogens (tertiary/aromatic N) is 3. The summed E-state index contributed by atoms with van der Waals surface area (Å²) in [6, 6.07) is 14.3. The molecule has 2 aromatic rings. The number of amides is 2. The Kier molecular flexibility index (Phi) is 10.3. The third kappa shape index (κ3) is 7.40. The average molecular weight is 576 g/mol. The summed E-state index contributed by atoms with van der Waals surface area (Å²) >= 11 is 0. The molecule has 0 bridgehead atoms. The zero-order valence-electron chi connectivity index (χ0n) is 25.7. The van der Waals surface area contributed by atoms with Crippen LogP contribution in [0.25, 0.3) is 0 Å². The molecular formula is C35H49N3O4. The van der Waals surface area contributed by atoms with Crippen molar-refractivity contribution in [2.24, 2.45) is 5.41 Å². The highest BCUT2D eigenvalue weighted by Crippen LogP contribution is 2.39. The Balaban J connectivity index is 1.27. The molecule has 3 heterocycles. The Labute approximate surface area is 252 Å². The van der Waals surface area contributed by atoms with Gasteiger partial charge in [0.15, 0.2) is 0 Å². The van der Waals surface area contributed by atoms with Crippen LogP contribution in [-0.2, 0) is 11.2 Å². The van der Waals surface area contributed by atoms with Crippen molar-refractivity contribution in [2.75, 3.05) is 57.9 Å². The summed E-state index contributed by atoms with van der Waals surface area (Å²) in [5.74, 6) is 2.13. The van der Waals surface area contributed by atoms with Crippen LogP contribution in [0.4, 0.5) is 5.69 Å². The minimum Gasteiger partial charge on any atom is -0.493 e. The van der Waals surface area contributed by atoms with Gasteiger partial charge in [-0.15, -0.1) is 0 Å². The normalized spacial score (nSPS) is 20.1. The first kappa shape index (κ1) is 30.2. The highest BCUT2D eigenvalue weighted by molar-refractivity contribution is 5.95. The molecule has 2 saturated heterocycles. The van der Waals surface area contributed by atoms with Gasteiger partial charge in [-0.3, -0.25) is 9.59 Å². The minimum atomic E-state index is 0.0416. The molecule has 7 heteroatoms. The highest BCUT2D eigenvalue weighted by Gasteiger charge is 2.37. The van der Waals surface area contributed by atoms with Crippen LogP contribution in [0.1, 0.15) is 87.1 Å². The largest absolute Gasteiger partial charge is 0.493 e. The number of fused-ring (bicyclic) bond motifs is 1. The van der Waals surface area contributed by atoms with Crippen molar-refractivity contribution in [3.05, 3.63) is 53.6 Å². The van der Waals surface area contributed by atoms with E-state index >= 15 is 0 Å². The Morgan fingerprint density at radius 3 is 2.50 bits per heavy atom. The van der Waals surface area contributed by atoms with Crippen molar-refractivity contribution in [1.29, 1.82) is 0 Å². The number of rotatable bonds is 5. The monoisotopic (exact) mass is 575 g/mol. The van der Waals surface area contributed by atoms with E-state index in [9.17, 15) is 9.59 Å². The fraction of sp³-hybridized carbons (Fsp3) is 0.600. The van der Waals surface area contributed by atoms with Gasteiger partial charge in [0.05, 0.1) is 18.9 Å². The molecule has 0 N–H and O–H groups in total. The van der Waals surface area contributed by atoms with Crippen molar-refractivity contribution >= 4 is 17.5 Å². The lowest BCUT2D eigenvalue weighted by atomic mass is 9.73. The summed E-state index contributed by atoms with van der Waals surface area (Å²) in [7, 11) is 1.95. The molecule has 0 unspecified atom stereocenters. The summed E-state index contributed by atoms with van der Waals surface area (Å²) in [6.45, 7) is 7.59. The lowest BCUT2D eigenvalue weighted by Crippen LogP contribution is -2.48. The van der Waals surface area contributed by atoms with E-state index in [1.807, 2.05) is 41.1 Å². The van der Waals surface area contributed by atoms with Gasteiger partial charge in [0, 0.05) is 51.8 Å². The highest BCUT2D eigenvalue weighted by atomic mass is 16.5. The van der Waals surface area contributed by atoms with Crippen LogP contribution in [0.15, 0.2) is 42.5 Å². The first-order valence-corrected chi connectivity index (χ1v) is 16.2. The van der Waals surface area contributed by atoms with Gasteiger partial charge in [0.25, 0.3) is 5.91 Å². The second-order valence-electron chi connectivity index (χ2n) is 12.5. The Hall–Kier alpha value is -3.22. The zero-order chi connectivity index (χ0) is 29.4. The van der Waals surface area contributed by atoms with E-state index in [4.69, 9.17) is 9.47 Å². The predicted octanol–water partition coefficient (Wildman–Crippen LogP) is 6.34. The second kappa shape index (κ2) is 14.3. The van der Waals surface area contributed by atoms with E-state index in [1.54, 1.807) is 0 Å².